The molecular formula is C46H46N2. The van der Waals surface area contributed by atoms with Crippen LogP contribution < -0.4 is 5.73 Å². The Labute approximate surface area is 286 Å². The molecule has 0 fully saturated rings. The maximum Gasteiger partial charge on any atom is 0.0616 e. The monoisotopic (exact) mass is 626 g/mol. The van der Waals surface area contributed by atoms with Gasteiger partial charge in [0.25, 0.3) is 0 Å². The summed E-state index contributed by atoms with van der Waals surface area (Å²) in [5.74, 6) is 0.305. The van der Waals surface area contributed by atoms with Crippen LogP contribution in [0.15, 0.2) is 157 Å². The highest BCUT2D eigenvalue weighted by Gasteiger charge is 2.26. The number of allylic oxidation sites excluding steroid dienone is 11. The number of aromatic nitrogens is 1. The molecule has 1 atom stereocenters. The number of hydrogen-bond donors (Lipinski definition) is 1. The van der Waals surface area contributed by atoms with Gasteiger partial charge < -0.3 is 10.3 Å². The molecule has 0 saturated carbocycles. The van der Waals surface area contributed by atoms with E-state index < -0.39 is 0 Å². The molecule has 0 bridgehead atoms. The van der Waals surface area contributed by atoms with Gasteiger partial charge in [-0.15, -0.1) is 6.58 Å². The number of fused-ring (bicyclic) bond motifs is 5. The van der Waals surface area contributed by atoms with E-state index >= 15 is 0 Å². The van der Waals surface area contributed by atoms with Gasteiger partial charge >= 0.3 is 0 Å². The molecule has 0 radical (unpaired) electrons. The number of nitrogens with two attached hydrogens (primary N) is 1. The van der Waals surface area contributed by atoms with E-state index in [1.54, 1.807) is 0 Å². The lowest BCUT2D eigenvalue weighted by molar-refractivity contribution is 0.693. The Morgan fingerprint density at radius 3 is 2.46 bits per heavy atom. The lowest BCUT2D eigenvalue weighted by Gasteiger charge is -2.23. The zero-order chi connectivity index (χ0) is 33.6. The van der Waals surface area contributed by atoms with Crippen molar-refractivity contribution in [2.24, 2.45) is 11.7 Å². The van der Waals surface area contributed by atoms with Crippen molar-refractivity contribution in [1.29, 1.82) is 0 Å². The maximum atomic E-state index is 5.94. The molecular weight excluding hydrogens is 581 g/mol. The van der Waals surface area contributed by atoms with Crippen LogP contribution >= 0.6 is 0 Å². The Morgan fingerprint density at radius 2 is 1.69 bits per heavy atom. The first-order chi connectivity index (χ1) is 23.4. The van der Waals surface area contributed by atoms with E-state index in [9.17, 15) is 0 Å². The quantitative estimate of drug-likeness (QED) is 0.0882. The highest BCUT2D eigenvalue weighted by atomic mass is 15.0. The van der Waals surface area contributed by atoms with Gasteiger partial charge in [-0.2, -0.15) is 0 Å². The zero-order valence-corrected chi connectivity index (χ0v) is 28.5. The Kier molecular flexibility index (Phi) is 9.92. The largest absolute Gasteiger partial charge is 0.402 e. The second-order valence-corrected chi connectivity index (χ2v) is 12.9. The first kappa shape index (κ1) is 32.6. The molecule has 0 saturated heterocycles. The van der Waals surface area contributed by atoms with Crippen molar-refractivity contribution in [3.05, 3.63) is 174 Å². The van der Waals surface area contributed by atoms with E-state index in [0.717, 1.165) is 37.0 Å². The molecule has 2 nitrogen and oxygen atoms in total. The van der Waals surface area contributed by atoms with Crippen molar-refractivity contribution in [3.63, 3.8) is 0 Å². The van der Waals surface area contributed by atoms with Crippen molar-refractivity contribution in [2.45, 2.75) is 46.5 Å². The van der Waals surface area contributed by atoms with Crippen LogP contribution in [0.1, 0.15) is 56.9 Å². The summed E-state index contributed by atoms with van der Waals surface area (Å²) in [6, 6.07) is 31.1. The summed E-state index contributed by atoms with van der Waals surface area (Å²) in [7, 11) is 0. The van der Waals surface area contributed by atoms with Crippen molar-refractivity contribution >= 4 is 33.3 Å². The van der Waals surface area contributed by atoms with E-state index in [-0.39, 0.29) is 0 Å². The number of hydrogen-bond acceptors (Lipinski definition) is 1. The fourth-order valence-corrected chi connectivity index (χ4v) is 7.07. The maximum absolute atomic E-state index is 5.94. The van der Waals surface area contributed by atoms with Gasteiger partial charge in [-0.1, -0.05) is 127 Å². The van der Waals surface area contributed by atoms with Crippen molar-refractivity contribution < 1.29 is 0 Å². The molecule has 5 aromatic rings. The van der Waals surface area contributed by atoms with Gasteiger partial charge in [-0.25, -0.2) is 0 Å². The summed E-state index contributed by atoms with van der Waals surface area (Å²) in [4.78, 5) is 0. The van der Waals surface area contributed by atoms with Crippen LogP contribution in [0.4, 0.5) is 0 Å². The smallest absolute Gasteiger partial charge is 0.0616 e. The van der Waals surface area contributed by atoms with Crippen molar-refractivity contribution in [2.75, 3.05) is 0 Å². The minimum Gasteiger partial charge on any atom is -0.402 e. The van der Waals surface area contributed by atoms with Crippen molar-refractivity contribution in [1.82, 2.24) is 4.57 Å². The first-order valence-corrected chi connectivity index (χ1v) is 17.0. The molecule has 0 amide bonds. The van der Waals surface area contributed by atoms with Gasteiger partial charge in [0.15, 0.2) is 0 Å². The summed E-state index contributed by atoms with van der Waals surface area (Å²) >= 11 is 0. The molecule has 1 unspecified atom stereocenters. The second-order valence-electron chi connectivity index (χ2n) is 12.9. The third-order valence-electron chi connectivity index (χ3n) is 9.36. The number of rotatable bonds is 11. The second kappa shape index (κ2) is 14.6. The number of benzene rings is 4. The zero-order valence-electron chi connectivity index (χ0n) is 28.5. The average molecular weight is 627 g/mol. The standard InChI is InChI=1S/C46H46N2/c1-6-8-10-16-35(29-32(3)15-7-2)36-23-27-43-44-28-25-38-30-37(41-20-14-13-19-40(41)33(4)21-22-34(5)47)24-26-42(38)46(44)48(45(43)31-36)39-17-11-9-12-18-39/h6-7,9,11-28,30,36H,1,3,8,10,29,31,47H2,2,4-5H3/b15-7-,33-21+,34-22-,35-16+. The van der Waals surface area contributed by atoms with E-state index in [1.807, 2.05) is 19.1 Å². The van der Waals surface area contributed by atoms with Crippen LogP contribution in [-0.4, -0.2) is 4.57 Å². The molecule has 2 N–H and O–H groups in total. The molecule has 240 valence electrons. The summed E-state index contributed by atoms with van der Waals surface area (Å²) in [6.07, 6.45) is 21.3. The molecule has 4 aromatic carbocycles. The molecule has 6 rings (SSSR count). The van der Waals surface area contributed by atoms with E-state index in [0.29, 0.717) is 5.92 Å². The van der Waals surface area contributed by atoms with Crippen LogP contribution in [0.3, 0.4) is 0 Å². The normalized spacial score (nSPS) is 15.4. The topological polar surface area (TPSA) is 30.9 Å². The van der Waals surface area contributed by atoms with Crippen LogP contribution in [0, 0.1) is 5.92 Å². The lowest BCUT2D eigenvalue weighted by atomic mass is 9.84. The Balaban J connectivity index is 1.50. The molecule has 1 aromatic heterocycles. The van der Waals surface area contributed by atoms with E-state index in [2.05, 4.69) is 153 Å². The SMILES string of the molecule is C=CCC/C=C(\CC(=C)/C=C\C)C1C=Cc2c(n(-c3ccccc3)c3c2ccc2cc(-c4ccccc4/C(C)=C/C=C(/C)N)ccc23)C1. The third-order valence-corrected chi connectivity index (χ3v) is 9.36. The fourth-order valence-electron chi connectivity index (χ4n) is 7.07. The van der Waals surface area contributed by atoms with Crippen LogP contribution in [0.25, 0.3) is 50.1 Å². The minimum absolute atomic E-state index is 0.305. The van der Waals surface area contributed by atoms with Crippen LogP contribution in [0.5, 0.6) is 0 Å². The number of unbranched alkanes of at least 4 members (excludes halogenated alkanes) is 1. The third kappa shape index (κ3) is 6.71. The summed E-state index contributed by atoms with van der Waals surface area (Å²) < 4.78 is 2.52. The van der Waals surface area contributed by atoms with Gasteiger partial charge in [-0.3, -0.25) is 0 Å². The van der Waals surface area contributed by atoms with Gasteiger partial charge in [0.05, 0.1) is 5.52 Å². The summed E-state index contributed by atoms with van der Waals surface area (Å²) in [6.45, 7) is 14.4. The Bertz CT molecular complexity index is 2140. The molecule has 0 aliphatic heterocycles. The van der Waals surface area contributed by atoms with Gasteiger partial charge in [0, 0.05) is 39.3 Å². The average Bonchev–Trinajstić information content (AvgIpc) is 3.44. The van der Waals surface area contributed by atoms with Gasteiger partial charge in [0.1, 0.15) is 0 Å². The number of nitrogens with zero attached hydrogens (tertiary/aromatic N) is 1. The van der Waals surface area contributed by atoms with E-state index in [4.69, 9.17) is 5.73 Å². The Morgan fingerprint density at radius 1 is 0.917 bits per heavy atom. The molecule has 2 heteroatoms. The van der Waals surface area contributed by atoms with Gasteiger partial charge in [-0.05, 0) is 98.4 Å². The highest BCUT2D eigenvalue weighted by Crippen LogP contribution is 2.42. The molecule has 48 heavy (non-hydrogen) atoms. The molecule has 1 aliphatic carbocycles. The van der Waals surface area contributed by atoms with Crippen molar-refractivity contribution in [3.8, 4) is 16.8 Å². The molecule has 1 aliphatic rings. The summed E-state index contributed by atoms with van der Waals surface area (Å²) in [5.41, 5.74) is 19.3. The summed E-state index contributed by atoms with van der Waals surface area (Å²) in [5, 5.41) is 3.78. The van der Waals surface area contributed by atoms with Crippen LogP contribution in [0.2, 0.25) is 0 Å². The Hall–Kier alpha value is -5.34. The molecule has 0 spiro atoms. The predicted molar refractivity (Wildman–Crippen MR) is 210 cm³/mol. The predicted octanol–water partition coefficient (Wildman–Crippen LogP) is 12.3. The molecule has 1 heterocycles. The lowest BCUT2D eigenvalue weighted by Crippen LogP contribution is -2.13. The minimum atomic E-state index is 0.305. The van der Waals surface area contributed by atoms with E-state index in [1.165, 1.54) is 66.5 Å². The fraction of sp³-hybridized carbons (Fsp3) is 0.174. The van der Waals surface area contributed by atoms with Gasteiger partial charge in [0.2, 0.25) is 0 Å². The highest BCUT2D eigenvalue weighted by molar-refractivity contribution is 6.11. The first-order valence-electron chi connectivity index (χ1n) is 17.0. The number of para-hydroxylation sites is 1. The van der Waals surface area contributed by atoms with Crippen LogP contribution in [-0.2, 0) is 6.42 Å².